The van der Waals surface area contributed by atoms with E-state index in [0.29, 0.717) is 25.5 Å². The minimum Gasteiger partial charge on any atom is -0.391 e. The Hall–Kier alpha value is -0.810. The Morgan fingerprint density at radius 2 is 2.20 bits per heavy atom. The van der Waals surface area contributed by atoms with Gasteiger partial charge in [0.2, 0.25) is 0 Å². The number of carbonyl (C=O) groups excluding carboxylic acids is 1. The molecule has 2 fully saturated rings. The van der Waals surface area contributed by atoms with Crippen molar-refractivity contribution < 1.29 is 14.6 Å². The number of hydrogen-bond donors (Lipinski definition) is 3. The molecule has 5 nitrogen and oxygen atoms in total. The summed E-state index contributed by atoms with van der Waals surface area (Å²) in [7, 11) is 1.56. The van der Waals surface area contributed by atoms with Crippen LogP contribution in [-0.4, -0.2) is 43.5 Å². The van der Waals surface area contributed by atoms with E-state index in [1.807, 2.05) is 0 Å². The minimum atomic E-state index is -0.511. The largest absolute Gasteiger partial charge is 0.391 e. The van der Waals surface area contributed by atoms with Gasteiger partial charge in [-0.2, -0.15) is 0 Å². The van der Waals surface area contributed by atoms with E-state index in [-0.39, 0.29) is 12.1 Å². The Labute approximate surface area is 121 Å². The number of carbonyl (C=O) groups is 1. The number of aliphatic hydroxyl groups excluding tert-OH is 1. The molecular weight excluding hydrogens is 256 g/mol. The van der Waals surface area contributed by atoms with Crippen LogP contribution in [0.15, 0.2) is 0 Å². The van der Waals surface area contributed by atoms with Crippen molar-refractivity contribution in [2.45, 2.75) is 51.2 Å². The standard InChI is InChI=1S/C15H28N2O3/c1-10(14-8-11-3-4-12(14)7-11)17-15(19)16-6-5-13(18)9-20-2/h10-14,18H,3-9H2,1-2H3,(H2,16,17,19). The maximum absolute atomic E-state index is 11.8. The maximum atomic E-state index is 11.8. The molecular formula is C15H28N2O3. The average Bonchev–Trinajstić information content (AvgIpc) is 3.01. The molecule has 0 radical (unpaired) electrons. The van der Waals surface area contributed by atoms with Crippen LogP contribution in [0.3, 0.4) is 0 Å². The van der Waals surface area contributed by atoms with Gasteiger partial charge < -0.3 is 20.5 Å². The lowest BCUT2D eigenvalue weighted by Gasteiger charge is -2.28. The van der Waals surface area contributed by atoms with Gasteiger partial charge in [0.1, 0.15) is 0 Å². The number of ether oxygens (including phenoxy) is 1. The topological polar surface area (TPSA) is 70.6 Å². The number of urea groups is 1. The van der Waals surface area contributed by atoms with Crippen LogP contribution in [0.5, 0.6) is 0 Å². The van der Waals surface area contributed by atoms with Crippen LogP contribution in [-0.2, 0) is 4.74 Å². The number of hydrogen-bond acceptors (Lipinski definition) is 3. The highest BCUT2D eigenvalue weighted by Gasteiger charge is 2.42. The number of aliphatic hydroxyl groups is 1. The fourth-order valence-electron chi connectivity index (χ4n) is 3.90. The fourth-order valence-corrected chi connectivity index (χ4v) is 3.90. The highest BCUT2D eigenvalue weighted by Crippen LogP contribution is 2.49. The molecule has 2 aliphatic carbocycles. The van der Waals surface area contributed by atoms with Crippen LogP contribution >= 0.6 is 0 Å². The van der Waals surface area contributed by atoms with Gasteiger partial charge in [0.15, 0.2) is 0 Å². The second-order valence-corrected chi connectivity index (χ2v) is 6.43. The molecule has 5 heteroatoms. The molecule has 116 valence electrons. The van der Waals surface area contributed by atoms with Crippen molar-refractivity contribution >= 4 is 6.03 Å². The second-order valence-electron chi connectivity index (χ2n) is 6.43. The summed E-state index contributed by atoms with van der Waals surface area (Å²) in [5, 5.41) is 15.3. The zero-order valence-corrected chi connectivity index (χ0v) is 12.6. The third-order valence-corrected chi connectivity index (χ3v) is 4.92. The minimum absolute atomic E-state index is 0.120. The first-order valence-electron chi connectivity index (χ1n) is 7.81. The van der Waals surface area contributed by atoms with Gasteiger partial charge in [0.05, 0.1) is 12.7 Å². The highest BCUT2D eigenvalue weighted by atomic mass is 16.5. The van der Waals surface area contributed by atoms with Crippen molar-refractivity contribution in [1.29, 1.82) is 0 Å². The molecule has 20 heavy (non-hydrogen) atoms. The molecule has 0 aromatic carbocycles. The molecule has 0 aromatic heterocycles. The fraction of sp³-hybridized carbons (Fsp3) is 0.933. The molecule has 0 aromatic rings. The molecule has 5 unspecified atom stereocenters. The van der Waals surface area contributed by atoms with Crippen LogP contribution in [0.2, 0.25) is 0 Å². The van der Waals surface area contributed by atoms with Gasteiger partial charge >= 0.3 is 6.03 Å². The Morgan fingerprint density at radius 3 is 2.80 bits per heavy atom. The molecule has 2 aliphatic rings. The van der Waals surface area contributed by atoms with Crippen molar-refractivity contribution in [3.8, 4) is 0 Å². The molecule has 0 saturated heterocycles. The van der Waals surface area contributed by atoms with E-state index in [1.165, 1.54) is 25.7 Å². The Balaban J connectivity index is 1.62. The van der Waals surface area contributed by atoms with Gasteiger partial charge in [0.25, 0.3) is 0 Å². The van der Waals surface area contributed by atoms with Crippen molar-refractivity contribution in [2.75, 3.05) is 20.3 Å². The molecule has 2 amide bonds. The van der Waals surface area contributed by atoms with E-state index >= 15 is 0 Å². The normalized spacial score (nSPS) is 31.1. The molecule has 2 bridgehead atoms. The predicted octanol–water partition coefficient (Wildman–Crippen LogP) is 1.51. The maximum Gasteiger partial charge on any atom is 0.315 e. The first-order valence-corrected chi connectivity index (χ1v) is 7.81. The zero-order chi connectivity index (χ0) is 14.5. The summed E-state index contributed by atoms with van der Waals surface area (Å²) in [6, 6.07) is 0.124. The molecule has 0 aliphatic heterocycles. The van der Waals surface area contributed by atoms with E-state index < -0.39 is 6.10 Å². The van der Waals surface area contributed by atoms with Gasteiger partial charge in [-0.3, -0.25) is 0 Å². The van der Waals surface area contributed by atoms with Crippen LogP contribution in [0.1, 0.15) is 39.0 Å². The lowest BCUT2D eigenvalue weighted by atomic mass is 9.84. The van der Waals surface area contributed by atoms with E-state index in [4.69, 9.17) is 4.74 Å². The molecule has 2 saturated carbocycles. The van der Waals surface area contributed by atoms with Crippen LogP contribution in [0, 0.1) is 17.8 Å². The number of amides is 2. The monoisotopic (exact) mass is 284 g/mol. The summed E-state index contributed by atoms with van der Waals surface area (Å²) in [5.74, 6) is 2.37. The van der Waals surface area contributed by atoms with Gasteiger partial charge in [0, 0.05) is 19.7 Å². The Kier molecular flexibility index (Phi) is 5.66. The van der Waals surface area contributed by atoms with Crippen molar-refractivity contribution in [1.82, 2.24) is 10.6 Å². The average molecular weight is 284 g/mol. The highest BCUT2D eigenvalue weighted by molar-refractivity contribution is 5.74. The quantitative estimate of drug-likeness (QED) is 0.663. The lowest BCUT2D eigenvalue weighted by molar-refractivity contribution is 0.0598. The Morgan fingerprint density at radius 1 is 1.40 bits per heavy atom. The van der Waals surface area contributed by atoms with Crippen LogP contribution in [0.25, 0.3) is 0 Å². The summed E-state index contributed by atoms with van der Waals surface area (Å²) in [5.41, 5.74) is 0. The number of rotatable bonds is 7. The van der Waals surface area contributed by atoms with Crippen molar-refractivity contribution in [3.63, 3.8) is 0 Å². The molecule has 3 N–H and O–H groups in total. The SMILES string of the molecule is COCC(O)CCNC(=O)NC(C)C1CC2CCC1C2. The molecule has 0 spiro atoms. The summed E-state index contributed by atoms with van der Waals surface area (Å²) >= 11 is 0. The van der Waals surface area contributed by atoms with Crippen LogP contribution in [0.4, 0.5) is 4.79 Å². The lowest BCUT2D eigenvalue weighted by Crippen LogP contribution is -2.45. The van der Waals surface area contributed by atoms with E-state index in [0.717, 1.165) is 11.8 Å². The third kappa shape index (κ3) is 4.09. The smallest absolute Gasteiger partial charge is 0.315 e. The van der Waals surface area contributed by atoms with Gasteiger partial charge in [-0.15, -0.1) is 0 Å². The molecule has 0 heterocycles. The van der Waals surface area contributed by atoms with Crippen molar-refractivity contribution in [3.05, 3.63) is 0 Å². The van der Waals surface area contributed by atoms with Gasteiger partial charge in [-0.25, -0.2) is 4.79 Å². The van der Waals surface area contributed by atoms with Gasteiger partial charge in [-0.1, -0.05) is 6.42 Å². The van der Waals surface area contributed by atoms with E-state index in [2.05, 4.69) is 17.6 Å². The van der Waals surface area contributed by atoms with Crippen LogP contribution < -0.4 is 10.6 Å². The number of nitrogens with one attached hydrogen (secondary N) is 2. The first kappa shape index (κ1) is 15.6. The van der Waals surface area contributed by atoms with Gasteiger partial charge in [-0.05, 0) is 50.4 Å². The molecule has 2 rings (SSSR count). The van der Waals surface area contributed by atoms with Crippen molar-refractivity contribution in [2.24, 2.45) is 17.8 Å². The summed E-state index contributed by atoms with van der Waals surface area (Å²) in [6.07, 6.45) is 5.37. The third-order valence-electron chi connectivity index (χ3n) is 4.92. The van der Waals surface area contributed by atoms with E-state index in [1.54, 1.807) is 7.11 Å². The number of methoxy groups -OCH3 is 1. The summed E-state index contributed by atoms with van der Waals surface area (Å²) < 4.78 is 4.84. The summed E-state index contributed by atoms with van der Waals surface area (Å²) in [6.45, 7) is 2.90. The predicted molar refractivity (Wildman–Crippen MR) is 77.4 cm³/mol. The second kappa shape index (κ2) is 7.27. The molecule has 5 atom stereocenters. The number of fused-ring (bicyclic) bond motifs is 2. The van der Waals surface area contributed by atoms with E-state index in [9.17, 15) is 9.90 Å². The first-order chi connectivity index (χ1) is 9.60. The zero-order valence-electron chi connectivity index (χ0n) is 12.6. The Bertz CT molecular complexity index is 324. The summed E-state index contributed by atoms with van der Waals surface area (Å²) in [4.78, 5) is 11.8.